The van der Waals surface area contributed by atoms with Crippen molar-refractivity contribution in [2.75, 3.05) is 18.1 Å². The van der Waals surface area contributed by atoms with Gasteiger partial charge in [-0.05, 0) is 31.2 Å². The third-order valence-corrected chi connectivity index (χ3v) is 5.17. The Labute approximate surface area is 129 Å². The molecule has 1 aromatic heterocycles. The lowest BCUT2D eigenvalue weighted by Gasteiger charge is -2.23. The summed E-state index contributed by atoms with van der Waals surface area (Å²) >= 11 is 1.82. The Kier molecular flexibility index (Phi) is 4.38. The van der Waals surface area contributed by atoms with E-state index in [9.17, 15) is 5.11 Å². The molecule has 2 aromatic rings. The highest BCUT2D eigenvalue weighted by Crippen LogP contribution is 2.29. The molecule has 1 aliphatic heterocycles. The van der Waals surface area contributed by atoms with E-state index in [2.05, 4.69) is 12.2 Å². The molecule has 1 fully saturated rings. The zero-order valence-corrected chi connectivity index (χ0v) is 13.0. The normalized spacial score (nSPS) is 23.3. The number of benzene rings is 1. The van der Waals surface area contributed by atoms with Crippen molar-refractivity contribution in [3.8, 4) is 11.3 Å². The molecule has 0 amide bonds. The maximum Gasteiger partial charge on any atom is 0.134 e. The van der Waals surface area contributed by atoms with E-state index in [0.717, 1.165) is 35.0 Å². The third kappa shape index (κ3) is 3.51. The monoisotopic (exact) mass is 303 g/mol. The van der Waals surface area contributed by atoms with Gasteiger partial charge < -0.3 is 14.8 Å². The molecule has 0 bridgehead atoms. The minimum atomic E-state index is -0.562. The van der Waals surface area contributed by atoms with Gasteiger partial charge in [-0.15, -0.1) is 0 Å². The molecule has 4 heteroatoms. The number of aliphatic hydroxyl groups is 1. The molecule has 1 aliphatic rings. The Morgan fingerprint density at radius 3 is 2.81 bits per heavy atom. The molecular formula is C17H21NO2S. The van der Waals surface area contributed by atoms with Gasteiger partial charge in [-0.3, -0.25) is 0 Å². The van der Waals surface area contributed by atoms with Crippen molar-refractivity contribution in [3.05, 3.63) is 48.2 Å². The zero-order chi connectivity index (χ0) is 14.7. The SMILES string of the molecule is CC(NCC1(O)CCSC1)c1ccc(-c2ccccc2)o1. The number of furan rings is 1. The Balaban J connectivity index is 1.63. The highest BCUT2D eigenvalue weighted by molar-refractivity contribution is 7.99. The summed E-state index contributed by atoms with van der Waals surface area (Å²) < 4.78 is 5.93. The van der Waals surface area contributed by atoms with Gasteiger partial charge in [0.2, 0.25) is 0 Å². The Bertz CT molecular complexity index is 575. The van der Waals surface area contributed by atoms with E-state index >= 15 is 0 Å². The molecular weight excluding hydrogens is 282 g/mol. The van der Waals surface area contributed by atoms with Crippen LogP contribution in [0.4, 0.5) is 0 Å². The highest BCUT2D eigenvalue weighted by Gasteiger charge is 2.31. The van der Waals surface area contributed by atoms with E-state index in [4.69, 9.17) is 4.42 Å². The van der Waals surface area contributed by atoms with Crippen molar-refractivity contribution in [1.82, 2.24) is 5.32 Å². The average Bonchev–Trinajstić information content (AvgIpc) is 3.16. The van der Waals surface area contributed by atoms with E-state index in [1.54, 1.807) is 0 Å². The van der Waals surface area contributed by atoms with Crippen molar-refractivity contribution in [2.45, 2.75) is 25.0 Å². The molecule has 1 aromatic carbocycles. The summed E-state index contributed by atoms with van der Waals surface area (Å²) in [4.78, 5) is 0. The van der Waals surface area contributed by atoms with E-state index < -0.39 is 5.60 Å². The fourth-order valence-electron chi connectivity index (χ4n) is 2.52. The first-order valence-electron chi connectivity index (χ1n) is 7.35. The van der Waals surface area contributed by atoms with E-state index in [-0.39, 0.29) is 6.04 Å². The quantitative estimate of drug-likeness (QED) is 0.888. The fraction of sp³-hybridized carbons (Fsp3) is 0.412. The maximum atomic E-state index is 10.4. The van der Waals surface area contributed by atoms with Crippen molar-refractivity contribution in [3.63, 3.8) is 0 Å². The van der Waals surface area contributed by atoms with E-state index in [1.807, 2.05) is 54.2 Å². The van der Waals surface area contributed by atoms with E-state index in [1.165, 1.54) is 0 Å². The smallest absolute Gasteiger partial charge is 0.134 e. The van der Waals surface area contributed by atoms with Gasteiger partial charge >= 0.3 is 0 Å². The second-order valence-corrected chi connectivity index (χ2v) is 6.80. The first kappa shape index (κ1) is 14.7. The Morgan fingerprint density at radius 2 is 2.10 bits per heavy atom. The van der Waals surface area contributed by atoms with Crippen molar-refractivity contribution in [1.29, 1.82) is 0 Å². The molecule has 0 spiro atoms. The summed E-state index contributed by atoms with van der Waals surface area (Å²) in [5.74, 6) is 3.66. The van der Waals surface area contributed by atoms with Crippen LogP contribution in [0.2, 0.25) is 0 Å². The third-order valence-electron chi connectivity index (χ3n) is 3.93. The molecule has 2 unspecified atom stereocenters. The van der Waals surface area contributed by atoms with Gasteiger partial charge in [0.25, 0.3) is 0 Å². The van der Waals surface area contributed by atoms with E-state index in [0.29, 0.717) is 6.54 Å². The van der Waals surface area contributed by atoms with Gasteiger partial charge in [-0.25, -0.2) is 0 Å². The number of hydrogen-bond acceptors (Lipinski definition) is 4. The highest BCUT2D eigenvalue weighted by atomic mass is 32.2. The largest absolute Gasteiger partial charge is 0.459 e. The average molecular weight is 303 g/mol. The van der Waals surface area contributed by atoms with Crippen LogP contribution < -0.4 is 5.32 Å². The molecule has 2 N–H and O–H groups in total. The molecule has 2 atom stereocenters. The molecule has 0 aliphatic carbocycles. The minimum absolute atomic E-state index is 0.0945. The molecule has 3 rings (SSSR count). The van der Waals surface area contributed by atoms with Gasteiger partial charge in [-0.1, -0.05) is 30.3 Å². The summed E-state index contributed by atoms with van der Waals surface area (Å²) in [6.45, 7) is 2.68. The van der Waals surface area contributed by atoms with Crippen LogP contribution >= 0.6 is 11.8 Å². The second kappa shape index (κ2) is 6.26. The topological polar surface area (TPSA) is 45.4 Å². The van der Waals surface area contributed by atoms with Gasteiger partial charge in [0.15, 0.2) is 0 Å². The summed E-state index contributed by atoms with van der Waals surface area (Å²) in [5.41, 5.74) is 0.523. The lowest BCUT2D eigenvalue weighted by atomic mass is 10.0. The molecule has 112 valence electrons. The van der Waals surface area contributed by atoms with Crippen molar-refractivity contribution in [2.24, 2.45) is 0 Å². The lowest BCUT2D eigenvalue weighted by molar-refractivity contribution is 0.0644. The number of hydrogen-bond donors (Lipinski definition) is 2. The summed E-state index contributed by atoms with van der Waals surface area (Å²) in [5, 5.41) is 13.7. The maximum absolute atomic E-state index is 10.4. The second-order valence-electron chi connectivity index (χ2n) is 5.70. The standard InChI is InChI=1S/C17H21NO2S/c1-13(18-11-17(19)9-10-21-12-17)15-7-8-16(20-15)14-5-3-2-4-6-14/h2-8,13,18-19H,9-12H2,1H3. The lowest BCUT2D eigenvalue weighted by Crippen LogP contribution is -2.41. The Hall–Kier alpha value is -1.23. The predicted molar refractivity (Wildman–Crippen MR) is 87.5 cm³/mol. The minimum Gasteiger partial charge on any atom is -0.459 e. The summed E-state index contributed by atoms with van der Waals surface area (Å²) in [6.07, 6.45) is 0.866. The predicted octanol–water partition coefficient (Wildman–Crippen LogP) is 3.47. The molecule has 21 heavy (non-hydrogen) atoms. The van der Waals surface area contributed by atoms with Crippen LogP contribution in [0.25, 0.3) is 11.3 Å². The van der Waals surface area contributed by atoms with Crippen LogP contribution in [-0.4, -0.2) is 28.8 Å². The first-order valence-corrected chi connectivity index (χ1v) is 8.50. The molecule has 1 saturated heterocycles. The van der Waals surface area contributed by atoms with Crippen molar-refractivity contribution >= 4 is 11.8 Å². The molecule has 3 nitrogen and oxygen atoms in total. The number of rotatable bonds is 5. The van der Waals surface area contributed by atoms with Crippen LogP contribution in [0.15, 0.2) is 46.9 Å². The van der Waals surface area contributed by atoms with Gasteiger partial charge in [0.05, 0.1) is 11.6 Å². The van der Waals surface area contributed by atoms with Crippen LogP contribution in [0.5, 0.6) is 0 Å². The first-order chi connectivity index (χ1) is 10.2. The summed E-state index contributed by atoms with van der Waals surface area (Å²) in [7, 11) is 0. The summed E-state index contributed by atoms with van der Waals surface area (Å²) in [6, 6.07) is 14.2. The van der Waals surface area contributed by atoms with Crippen LogP contribution in [0.3, 0.4) is 0 Å². The molecule has 0 saturated carbocycles. The van der Waals surface area contributed by atoms with Gasteiger partial charge in [0, 0.05) is 17.9 Å². The fourth-order valence-corrected chi connectivity index (χ4v) is 3.82. The molecule has 2 heterocycles. The number of thioether (sulfide) groups is 1. The Morgan fingerprint density at radius 1 is 1.29 bits per heavy atom. The molecule has 0 radical (unpaired) electrons. The van der Waals surface area contributed by atoms with Gasteiger partial charge in [-0.2, -0.15) is 11.8 Å². The van der Waals surface area contributed by atoms with Crippen LogP contribution in [0, 0.1) is 0 Å². The number of nitrogens with one attached hydrogen (secondary N) is 1. The van der Waals surface area contributed by atoms with Crippen LogP contribution in [0.1, 0.15) is 25.1 Å². The van der Waals surface area contributed by atoms with Gasteiger partial charge in [0.1, 0.15) is 11.5 Å². The zero-order valence-electron chi connectivity index (χ0n) is 12.2. The van der Waals surface area contributed by atoms with Crippen molar-refractivity contribution < 1.29 is 9.52 Å². The van der Waals surface area contributed by atoms with Crippen LogP contribution in [-0.2, 0) is 0 Å².